The van der Waals surface area contributed by atoms with E-state index in [4.69, 9.17) is 17.4 Å². The third kappa shape index (κ3) is 3.04. The van der Waals surface area contributed by atoms with Crippen molar-refractivity contribution in [1.82, 2.24) is 5.43 Å². The highest BCUT2D eigenvalue weighted by Crippen LogP contribution is 2.29. The molecule has 0 heterocycles. The summed E-state index contributed by atoms with van der Waals surface area (Å²) in [7, 11) is 0. The molecule has 3 N–H and O–H groups in total. The monoisotopic (exact) mass is 288 g/mol. The molecule has 2 nitrogen and oxygen atoms in total. The molecule has 106 valence electrons. The van der Waals surface area contributed by atoms with Crippen LogP contribution in [0.3, 0.4) is 0 Å². The van der Waals surface area contributed by atoms with Crippen LogP contribution in [0.25, 0.3) is 0 Å². The van der Waals surface area contributed by atoms with Crippen LogP contribution in [0.1, 0.15) is 48.1 Å². The van der Waals surface area contributed by atoms with Crippen LogP contribution in [0, 0.1) is 6.92 Å². The van der Waals surface area contributed by atoms with E-state index in [0.717, 1.165) is 21.7 Å². The summed E-state index contributed by atoms with van der Waals surface area (Å²) in [5.74, 6) is 6.29. The third-order valence-corrected chi connectivity index (χ3v) is 4.13. The van der Waals surface area contributed by atoms with Crippen molar-refractivity contribution in [3.63, 3.8) is 0 Å². The van der Waals surface area contributed by atoms with Gasteiger partial charge >= 0.3 is 0 Å². The summed E-state index contributed by atoms with van der Waals surface area (Å²) >= 11 is 6.20. The molecular formula is C17H21ClN2. The van der Waals surface area contributed by atoms with E-state index in [-0.39, 0.29) is 6.04 Å². The number of nitrogens with one attached hydrogen (secondary N) is 1. The number of nitrogens with two attached hydrogens (primary N) is 1. The minimum Gasteiger partial charge on any atom is -0.271 e. The first kappa shape index (κ1) is 15.0. The molecule has 0 spiro atoms. The lowest BCUT2D eigenvalue weighted by Gasteiger charge is -2.20. The highest BCUT2D eigenvalue weighted by atomic mass is 35.5. The summed E-state index contributed by atoms with van der Waals surface area (Å²) in [5, 5.41) is 0.765. The lowest BCUT2D eigenvalue weighted by Crippen LogP contribution is -2.29. The van der Waals surface area contributed by atoms with Crippen LogP contribution in [-0.2, 0) is 0 Å². The molecule has 2 aromatic rings. The van der Waals surface area contributed by atoms with Crippen molar-refractivity contribution in [2.45, 2.75) is 32.7 Å². The quantitative estimate of drug-likeness (QED) is 0.649. The molecule has 0 bridgehead atoms. The van der Waals surface area contributed by atoms with Gasteiger partial charge in [0.25, 0.3) is 0 Å². The smallest absolute Gasteiger partial charge is 0.0713 e. The lowest BCUT2D eigenvalue weighted by atomic mass is 9.93. The lowest BCUT2D eigenvalue weighted by molar-refractivity contribution is 0.633. The van der Waals surface area contributed by atoms with E-state index in [0.29, 0.717) is 5.92 Å². The number of hydrogen-bond acceptors (Lipinski definition) is 2. The molecule has 2 rings (SSSR count). The normalized spacial score (nSPS) is 12.7. The van der Waals surface area contributed by atoms with E-state index in [1.807, 2.05) is 19.1 Å². The molecule has 0 amide bonds. The van der Waals surface area contributed by atoms with E-state index in [1.54, 1.807) is 0 Å². The Morgan fingerprint density at radius 2 is 1.60 bits per heavy atom. The van der Waals surface area contributed by atoms with Gasteiger partial charge in [0.1, 0.15) is 0 Å². The van der Waals surface area contributed by atoms with Gasteiger partial charge in [0.2, 0.25) is 0 Å². The maximum Gasteiger partial charge on any atom is 0.0713 e. The zero-order chi connectivity index (χ0) is 14.7. The fourth-order valence-electron chi connectivity index (χ4n) is 2.38. The van der Waals surface area contributed by atoms with Crippen molar-refractivity contribution in [2.75, 3.05) is 0 Å². The fraction of sp³-hybridized carbons (Fsp3) is 0.294. The maximum atomic E-state index is 6.20. The largest absolute Gasteiger partial charge is 0.271 e. The van der Waals surface area contributed by atoms with Crippen LogP contribution in [-0.4, -0.2) is 0 Å². The third-order valence-electron chi connectivity index (χ3n) is 3.72. The molecule has 1 unspecified atom stereocenters. The zero-order valence-electron chi connectivity index (χ0n) is 12.2. The summed E-state index contributed by atoms with van der Waals surface area (Å²) in [6.07, 6.45) is 0. The molecule has 0 radical (unpaired) electrons. The van der Waals surface area contributed by atoms with Crippen molar-refractivity contribution in [3.05, 3.63) is 69.7 Å². The van der Waals surface area contributed by atoms with E-state index >= 15 is 0 Å². The van der Waals surface area contributed by atoms with Crippen molar-refractivity contribution in [1.29, 1.82) is 0 Å². The Kier molecular flexibility index (Phi) is 4.81. The van der Waals surface area contributed by atoms with Gasteiger partial charge < -0.3 is 0 Å². The molecule has 0 aromatic heterocycles. The summed E-state index contributed by atoms with van der Waals surface area (Å²) < 4.78 is 0. The second-order valence-corrected chi connectivity index (χ2v) is 5.78. The first-order valence-electron chi connectivity index (χ1n) is 6.85. The molecule has 0 aliphatic carbocycles. The van der Waals surface area contributed by atoms with Crippen molar-refractivity contribution in [2.24, 2.45) is 5.84 Å². The SMILES string of the molecule is Cc1c(Cl)cccc1C(NN)c1ccc(C(C)C)cc1. The molecule has 0 fully saturated rings. The van der Waals surface area contributed by atoms with Gasteiger partial charge in [-0.25, -0.2) is 5.43 Å². The molecule has 0 saturated carbocycles. The average molecular weight is 289 g/mol. The van der Waals surface area contributed by atoms with Crippen LogP contribution >= 0.6 is 11.6 Å². The maximum absolute atomic E-state index is 6.20. The fourth-order valence-corrected chi connectivity index (χ4v) is 2.56. The van der Waals surface area contributed by atoms with Crippen molar-refractivity contribution >= 4 is 11.6 Å². The Labute approximate surface area is 125 Å². The molecule has 1 atom stereocenters. The van der Waals surface area contributed by atoms with Crippen molar-refractivity contribution in [3.8, 4) is 0 Å². The van der Waals surface area contributed by atoms with Gasteiger partial charge in [0.05, 0.1) is 6.04 Å². The van der Waals surface area contributed by atoms with Gasteiger partial charge in [-0.2, -0.15) is 0 Å². The van der Waals surface area contributed by atoms with E-state index < -0.39 is 0 Å². The highest BCUT2D eigenvalue weighted by Gasteiger charge is 2.16. The van der Waals surface area contributed by atoms with Gasteiger partial charge in [-0.1, -0.05) is 61.8 Å². The minimum absolute atomic E-state index is 0.0464. The molecular weight excluding hydrogens is 268 g/mol. The van der Waals surface area contributed by atoms with Crippen LogP contribution in [0.4, 0.5) is 0 Å². The predicted octanol–water partition coefficient (Wildman–Crippen LogP) is 4.32. The number of hydrazine groups is 1. The second kappa shape index (κ2) is 6.40. The number of benzene rings is 2. The number of rotatable bonds is 4. The summed E-state index contributed by atoms with van der Waals surface area (Å²) in [5.41, 5.74) is 7.53. The van der Waals surface area contributed by atoms with Crippen LogP contribution in [0.5, 0.6) is 0 Å². The van der Waals surface area contributed by atoms with Crippen LogP contribution in [0.15, 0.2) is 42.5 Å². The number of halogens is 1. The van der Waals surface area contributed by atoms with Crippen molar-refractivity contribution < 1.29 is 0 Å². The minimum atomic E-state index is -0.0464. The zero-order valence-corrected chi connectivity index (χ0v) is 12.9. The molecule has 0 saturated heterocycles. The summed E-state index contributed by atoms with van der Waals surface area (Å²) in [6, 6.07) is 14.4. The van der Waals surface area contributed by atoms with Gasteiger partial charge in [0.15, 0.2) is 0 Å². The van der Waals surface area contributed by atoms with Crippen LogP contribution < -0.4 is 11.3 Å². The molecule has 2 aromatic carbocycles. The Balaban J connectivity index is 2.39. The van der Waals surface area contributed by atoms with Gasteiger partial charge in [-0.15, -0.1) is 0 Å². The molecule has 0 aliphatic heterocycles. The Morgan fingerprint density at radius 3 is 2.15 bits per heavy atom. The summed E-state index contributed by atoms with van der Waals surface area (Å²) in [4.78, 5) is 0. The Morgan fingerprint density at radius 1 is 1.00 bits per heavy atom. The first-order valence-corrected chi connectivity index (χ1v) is 7.23. The second-order valence-electron chi connectivity index (χ2n) is 5.38. The number of hydrogen-bond donors (Lipinski definition) is 2. The predicted molar refractivity (Wildman–Crippen MR) is 85.9 cm³/mol. The molecule has 0 aliphatic rings. The van der Waals surface area contributed by atoms with Gasteiger partial charge in [0, 0.05) is 5.02 Å². The van der Waals surface area contributed by atoms with Gasteiger partial charge in [-0.3, -0.25) is 5.84 Å². The topological polar surface area (TPSA) is 38.0 Å². The van der Waals surface area contributed by atoms with Gasteiger partial charge in [-0.05, 0) is 41.2 Å². The average Bonchev–Trinajstić information content (AvgIpc) is 2.45. The molecule has 3 heteroatoms. The Hall–Kier alpha value is -1.35. The summed E-state index contributed by atoms with van der Waals surface area (Å²) in [6.45, 7) is 6.40. The Bertz CT molecular complexity index is 576. The van der Waals surface area contributed by atoms with Crippen LogP contribution in [0.2, 0.25) is 5.02 Å². The van der Waals surface area contributed by atoms with E-state index in [1.165, 1.54) is 5.56 Å². The standard InChI is InChI=1S/C17H21ClN2/c1-11(2)13-7-9-14(10-8-13)17(20-19)15-5-4-6-16(18)12(15)3/h4-11,17,20H,19H2,1-3H3. The van der Waals surface area contributed by atoms with E-state index in [9.17, 15) is 0 Å². The first-order chi connectivity index (χ1) is 9.54. The highest BCUT2D eigenvalue weighted by molar-refractivity contribution is 6.31. The molecule has 20 heavy (non-hydrogen) atoms. The van der Waals surface area contributed by atoms with E-state index in [2.05, 4.69) is 49.6 Å².